The molecule has 4 rings (SSSR count). The van der Waals surface area contributed by atoms with Crippen molar-refractivity contribution in [1.82, 2.24) is 25.1 Å². The first-order valence-electron chi connectivity index (χ1n) is 11.3. The average molecular weight is 503 g/mol. The highest BCUT2D eigenvalue weighted by Crippen LogP contribution is 2.33. The fraction of sp³-hybridized carbons (Fsp3) is 0.320. The fourth-order valence-corrected chi connectivity index (χ4v) is 3.79. The second-order valence-corrected chi connectivity index (χ2v) is 8.53. The molecule has 2 aromatic heterocycles. The summed E-state index contributed by atoms with van der Waals surface area (Å²) >= 11 is 0. The van der Waals surface area contributed by atoms with Crippen molar-refractivity contribution in [1.29, 1.82) is 0 Å². The van der Waals surface area contributed by atoms with E-state index in [0.29, 0.717) is 47.6 Å². The van der Waals surface area contributed by atoms with Gasteiger partial charge in [0.05, 0.1) is 42.8 Å². The highest BCUT2D eigenvalue weighted by Gasteiger charge is 2.20. The number of rotatable bonds is 10. The molecule has 4 aromatic rings. The van der Waals surface area contributed by atoms with Crippen molar-refractivity contribution in [2.75, 3.05) is 31.6 Å². The number of fused-ring (bicyclic) bond motifs is 1. The third kappa shape index (κ3) is 5.91. The topological polar surface area (TPSA) is 68.1 Å². The van der Waals surface area contributed by atoms with Crippen LogP contribution in [-0.4, -0.2) is 52.4 Å². The molecule has 0 aliphatic heterocycles. The van der Waals surface area contributed by atoms with Gasteiger partial charge in [-0.1, -0.05) is 0 Å². The van der Waals surface area contributed by atoms with Crippen LogP contribution in [0.25, 0.3) is 22.3 Å². The van der Waals surface area contributed by atoms with E-state index in [1.807, 2.05) is 6.20 Å². The largest absolute Gasteiger partial charge is 0.493 e. The molecule has 0 radical (unpaired) electrons. The van der Waals surface area contributed by atoms with Gasteiger partial charge in [-0.15, -0.1) is 0 Å². The number of aryl methyl sites for hydroxylation is 1. The molecule has 0 aliphatic carbocycles. The Morgan fingerprint density at radius 2 is 1.89 bits per heavy atom. The predicted octanol–water partition coefficient (Wildman–Crippen LogP) is 5.09. The van der Waals surface area contributed by atoms with Gasteiger partial charge in [-0.2, -0.15) is 9.49 Å². The first kappa shape index (κ1) is 25.4. The number of ether oxygens (including phenoxy) is 1. The zero-order chi connectivity index (χ0) is 25.9. The molecule has 0 atom stereocenters. The summed E-state index contributed by atoms with van der Waals surface area (Å²) in [5, 5.41) is 6.88. The Labute approximate surface area is 205 Å². The second-order valence-electron chi connectivity index (χ2n) is 8.53. The zero-order valence-corrected chi connectivity index (χ0v) is 20.1. The molecule has 36 heavy (non-hydrogen) atoms. The Hall–Kier alpha value is -3.73. The Morgan fingerprint density at radius 3 is 2.58 bits per heavy atom. The first-order chi connectivity index (χ1) is 17.1. The maximum absolute atomic E-state index is 14.4. The summed E-state index contributed by atoms with van der Waals surface area (Å²) < 4.78 is 61.4. The molecule has 190 valence electrons. The molecular weight excluding hydrogens is 476 g/mol. The summed E-state index contributed by atoms with van der Waals surface area (Å²) in [7, 11) is 3.06. The molecule has 2 heterocycles. The quantitative estimate of drug-likeness (QED) is 0.241. The summed E-state index contributed by atoms with van der Waals surface area (Å²) in [6, 6.07) is 7.84. The molecule has 0 saturated heterocycles. The molecule has 0 bridgehead atoms. The lowest BCUT2D eigenvalue weighted by Gasteiger charge is -2.26. The van der Waals surface area contributed by atoms with Crippen LogP contribution >= 0.6 is 0 Å². The highest BCUT2D eigenvalue weighted by molar-refractivity contribution is 5.82. The number of benzene rings is 2. The van der Waals surface area contributed by atoms with E-state index >= 15 is 0 Å². The second kappa shape index (κ2) is 10.5. The number of methoxy groups -OCH3 is 1. The van der Waals surface area contributed by atoms with Gasteiger partial charge in [0.15, 0.2) is 11.6 Å². The van der Waals surface area contributed by atoms with Crippen LogP contribution in [-0.2, 0) is 7.05 Å². The highest BCUT2D eigenvalue weighted by atomic mass is 19.3. The monoisotopic (exact) mass is 502 g/mol. The van der Waals surface area contributed by atoms with Gasteiger partial charge in [-0.25, -0.2) is 18.2 Å². The van der Waals surface area contributed by atoms with E-state index in [1.54, 1.807) is 47.2 Å². The van der Waals surface area contributed by atoms with E-state index in [-0.39, 0.29) is 5.75 Å². The van der Waals surface area contributed by atoms with Crippen molar-refractivity contribution >= 4 is 22.4 Å². The maximum Gasteiger partial charge on any atom is 0.257 e. The SMILES string of the molecule is COc1cc(N(CCCNCC(C)(F)F)c2ccc3ncc(-c4cnn(C)c4)nc3c2)cc(F)c1F. The summed E-state index contributed by atoms with van der Waals surface area (Å²) in [6.07, 6.45) is 5.63. The van der Waals surface area contributed by atoms with Crippen LogP contribution in [0.15, 0.2) is 48.9 Å². The van der Waals surface area contributed by atoms with Crippen molar-refractivity contribution in [3.05, 3.63) is 60.6 Å². The van der Waals surface area contributed by atoms with Crippen LogP contribution in [0.4, 0.5) is 28.9 Å². The van der Waals surface area contributed by atoms with E-state index < -0.39 is 24.1 Å². The first-order valence-corrected chi connectivity index (χ1v) is 11.3. The minimum Gasteiger partial charge on any atom is -0.493 e. The van der Waals surface area contributed by atoms with Gasteiger partial charge >= 0.3 is 0 Å². The van der Waals surface area contributed by atoms with Gasteiger partial charge in [0, 0.05) is 55.8 Å². The van der Waals surface area contributed by atoms with Crippen LogP contribution in [0.1, 0.15) is 13.3 Å². The van der Waals surface area contributed by atoms with Crippen LogP contribution in [0.2, 0.25) is 0 Å². The molecule has 0 amide bonds. The number of halogens is 4. The van der Waals surface area contributed by atoms with E-state index in [0.717, 1.165) is 18.6 Å². The standard InChI is InChI=1S/C25H26F4N6O/c1-25(28,29)15-30-7-4-8-35(18-9-19(26)24(27)23(11-18)36-3)17-5-6-20-21(10-17)33-22(13-31-20)16-12-32-34(2)14-16/h5-6,9-14,30H,4,7-8,15H2,1-3H3. The minimum atomic E-state index is -2.82. The predicted molar refractivity (Wildman–Crippen MR) is 130 cm³/mol. The van der Waals surface area contributed by atoms with Crippen molar-refractivity contribution in [2.24, 2.45) is 7.05 Å². The summed E-state index contributed by atoms with van der Waals surface area (Å²) in [5.41, 5.74) is 3.69. The smallest absolute Gasteiger partial charge is 0.257 e. The van der Waals surface area contributed by atoms with E-state index in [2.05, 4.69) is 15.4 Å². The third-order valence-electron chi connectivity index (χ3n) is 5.52. The van der Waals surface area contributed by atoms with Crippen molar-refractivity contribution in [2.45, 2.75) is 19.3 Å². The van der Waals surface area contributed by atoms with Gasteiger partial charge in [0.25, 0.3) is 5.92 Å². The van der Waals surface area contributed by atoms with E-state index in [1.165, 1.54) is 13.2 Å². The molecule has 7 nitrogen and oxygen atoms in total. The normalized spacial score (nSPS) is 11.8. The van der Waals surface area contributed by atoms with Gasteiger partial charge in [-0.05, 0) is 31.2 Å². The van der Waals surface area contributed by atoms with Crippen molar-refractivity contribution in [3.8, 4) is 17.0 Å². The molecule has 1 N–H and O–H groups in total. The molecule has 2 aromatic carbocycles. The van der Waals surface area contributed by atoms with Gasteiger partial charge in [-0.3, -0.25) is 9.67 Å². The molecule has 0 aliphatic rings. The Kier molecular flexibility index (Phi) is 7.39. The van der Waals surface area contributed by atoms with E-state index in [4.69, 9.17) is 9.72 Å². The van der Waals surface area contributed by atoms with Gasteiger partial charge < -0.3 is 15.0 Å². The number of anilines is 2. The molecule has 0 unspecified atom stereocenters. The Balaban J connectivity index is 1.68. The number of aromatic nitrogens is 4. The van der Waals surface area contributed by atoms with Crippen molar-refractivity contribution in [3.63, 3.8) is 0 Å². The van der Waals surface area contributed by atoms with Gasteiger partial charge in [0.2, 0.25) is 5.82 Å². The van der Waals surface area contributed by atoms with Gasteiger partial charge in [0.1, 0.15) is 0 Å². The van der Waals surface area contributed by atoms with Crippen LogP contribution < -0.4 is 15.0 Å². The lowest BCUT2D eigenvalue weighted by atomic mass is 10.1. The number of hydrogen-bond acceptors (Lipinski definition) is 6. The van der Waals surface area contributed by atoms with Crippen LogP contribution in [0.5, 0.6) is 5.75 Å². The molecular formula is C25H26F4N6O. The molecule has 11 heteroatoms. The Bertz CT molecular complexity index is 1350. The maximum atomic E-state index is 14.4. The fourth-order valence-electron chi connectivity index (χ4n) is 3.79. The number of alkyl halides is 2. The Morgan fingerprint density at radius 1 is 1.08 bits per heavy atom. The lowest BCUT2D eigenvalue weighted by molar-refractivity contribution is 0.0229. The molecule has 0 saturated carbocycles. The number of nitrogens with one attached hydrogen (secondary N) is 1. The van der Waals surface area contributed by atoms with Crippen LogP contribution in [0.3, 0.4) is 0 Å². The molecule has 0 spiro atoms. The third-order valence-corrected chi connectivity index (χ3v) is 5.52. The van der Waals surface area contributed by atoms with Crippen LogP contribution in [0, 0.1) is 11.6 Å². The summed E-state index contributed by atoms with van der Waals surface area (Å²) in [6.45, 7) is 1.03. The van der Waals surface area contributed by atoms with Crippen molar-refractivity contribution < 1.29 is 22.3 Å². The summed E-state index contributed by atoms with van der Waals surface area (Å²) in [5.74, 6) is -5.20. The lowest BCUT2D eigenvalue weighted by Crippen LogP contribution is -2.32. The average Bonchev–Trinajstić information content (AvgIpc) is 3.28. The minimum absolute atomic E-state index is 0.238. The zero-order valence-electron chi connectivity index (χ0n) is 20.1. The molecule has 0 fully saturated rings. The van der Waals surface area contributed by atoms with E-state index in [9.17, 15) is 17.6 Å². The number of hydrogen-bond donors (Lipinski definition) is 1. The summed E-state index contributed by atoms with van der Waals surface area (Å²) in [4.78, 5) is 10.9. The number of nitrogens with zero attached hydrogens (tertiary/aromatic N) is 5.